The van der Waals surface area contributed by atoms with Gasteiger partial charge in [0.05, 0.1) is 6.04 Å². The van der Waals surface area contributed by atoms with Crippen LogP contribution in [-0.4, -0.2) is 6.67 Å². The highest BCUT2D eigenvalue weighted by Crippen LogP contribution is 2.22. The van der Waals surface area contributed by atoms with E-state index in [1.54, 1.807) is 0 Å². The van der Waals surface area contributed by atoms with Crippen molar-refractivity contribution in [3.05, 3.63) is 48.0 Å². The average Bonchev–Trinajstić information content (AvgIpc) is 2.27. The van der Waals surface area contributed by atoms with Crippen molar-refractivity contribution in [2.45, 2.75) is 6.04 Å². The Morgan fingerprint density at radius 2 is 1.73 bits per heavy atom. The van der Waals surface area contributed by atoms with Crippen LogP contribution in [0.15, 0.2) is 42.5 Å². The second-order valence-electron chi connectivity index (χ2n) is 3.33. The topological polar surface area (TPSA) is 26.0 Å². The van der Waals surface area contributed by atoms with Crippen molar-refractivity contribution in [1.82, 2.24) is 0 Å². The summed E-state index contributed by atoms with van der Waals surface area (Å²) in [7, 11) is 0. The van der Waals surface area contributed by atoms with Crippen LogP contribution in [0.1, 0.15) is 11.6 Å². The SMILES string of the molecule is Cl.N[C@@H](CF)c1cccc2ccccc12. The number of alkyl halides is 1. The van der Waals surface area contributed by atoms with Gasteiger partial charge in [0.25, 0.3) is 0 Å². The first-order chi connectivity index (χ1) is 6.83. The molecule has 80 valence electrons. The van der Waals surface area contributed by atoms with Crippen LogP contribution in [0, 0.1) is 0 Å². The first kappa shape index (κ1) is 12.0. The molecule has 2 aromatic carbocycles. The van der Waals surface area contributed by atoms with Crippen molar-refractivity contribution >= 4 is 23.2 Å². The summed E-state index contributed by atoms with van der Waals surface area (Å²) in [6, 6.07) is 13.2. The lowest BCUT2D eigenvalue weighted by molar-refractivity contribution is 0.438. The first-order valence-corrected chi connectivity index (χ1v) is 4.62. The molecule has 0 radical (unpaired) electrons. The number of hydrogen-bond acceptors (Lipinski definition) is 1. The van der Waals surface area contributed by atoms with Crippen molar-refractivity contribution in [3.63, 3.8) is 0 Å². The Hall–Kier alpha value is -1.12. The molecule has 0 heterocycles. The van der Waals surface area contributed by atoms with Crippen LogP contribution in [0.2, 0.25) is 0 Å². The van der Waals surface area contributed by atoms with Crippen LogP contribution in [0.5, 0.6) is 0 Å². The minimum absolute atomic E-state index is 0. The number of benzene rings is 2. The van der Waals surface area contributed by atoms with Gasteiger partial charge in [-0.15, -0.1) is 12.4 Å². The van der Waals surface area contributed by atoms with E-state index in [4.69, 9.17) is 5.73 Å². The molecule has 0 saturated carbocycles. The summed E-state index contributed by atoms with van der Waals surface area (Å²) in [5, 5.41) is 2.15. The Labute approximate surface area is 94.5 Å². The van der Waals surface area contributed by atoms with E-state index in [-0.39, 0.29) is 12.4 Å². The number of nitrogens with two attached hydrogens (primary N) is 1. The van der Waals surface area contributed by atoms with Crippen molar-refractivity contribution in [2.24, 2.45) is 5.73 Å². The van der Waals surface area contributed by atoms with E-state index in [1.165, 1.54) is 0 Å². The molecule has 0 unspecified atom stereocenters. The summed E-state index contributed by atoms with van der Waals surface area (Å²) >= 11 is 0. The van der Waals surface area contributed by atoms with E-state index in [9.17, 15) is 4.39 Å². The van der Waals surface area contributed by atoms with Gasteiger partial charge in [-0.05, 0) is 16.3 Å². The largest absolute Gasteiger partial charge is 0.322 e. The fraction of sp³-hybridized carbons (Fsp3) is 0.167. The van der Waals surface area contributed by atoms with Gasteiger partial charge in [0, 0.05) is 0 Å². The minimum Gasteiger partial charge on any atom is -0.322 e. The molecule has 0 amide bonds. The average molecular weight is 226 g/mol. The van der Waals surface area contributed by atoms with Gasteiger partial charge in [-0.25, -0.2) is 4.39 Å². The third-order valence-electron chi connectivity index (χ3n) is 2.39. The first-order valence-electron chi connectivity index (χ1n) is 4.62. The molecule has 0 aliphatic rings. The van der Waals surface area contributed by atoms with Gasteiger partial charge in [0.1, 0.15) is 6.67 Å². The van der Waals surface area contributed by atoms with E-state index in [0.29, 0.717) is 0 Å². The normalized spacial score (nSPS) is 12.1. The molecule has 1 nitrogen and oxygen atoms in total. The summed E-state index contributed by atoms with van der Waals surface area (Å²) < 4.78 is 12.5. The van der Waals surface area contributed by atoms with Gasteiger partial charge < -0.3 is 5.73 Å². The Kier molecular flexibility index (Phi) is 4.06. The molecule has 0 aliphatic heterocycles. The molecule has 0 spiro atoms. The van der Waals surface area contributed by atoms with E-state index in [2.05, 4.69) is 0 Å². The molecule has 0 aliphatic carbocycles. The fourth-order valence-corrected chi connectivity index (χ4v) is 1.66. The third-order valence-corrected chi connectivity index (χ3v) is 2.39. The van der Waals surface area contributed by atoms with Crippen LogP contribution >= 0.6 is 12.4 Å². The predicted molar refractivity (Wildman–Crippen MR) is 64.1 cm³/mol. The molecule has 0 saturated heterocycles. The Bertz CT molecular complexity index is 439. The quantitative estimate of drug-likeness (QED) is 0.835. The number of fused-ring (bicyclic) bond motifs is 1. The van der Waals surface area contributed by atoms with Gasteiger partial charge in [-0.2, -0.15) is 0 Å². The molecule has 0 aromatic heterocycles. The highest BCUT2D eigenvalue weighted by Gasteiger charge is 2.08. The van der Waals surface area contributed by atoms with E-state index in [1.807, 2.05) is 42.5 Å². The van der Waals surface area contributed by atoms with Gasteiger partial charge in [-0.3, -0.25) is 0 Å². The third kappa shape index (κ3) is 2.28. The number of halogens is 2. The van der Waals surface area contributed by atoms with Crippen molar-refractivity contribution in [1.29, 1.82) is 0 Å². The van der Waals surface area contributed by atoms with E-state index < -0.39 is 12.7 Å². The zero-order chi connectivity index (χ0) is 9.97. The highest BCUT2D eigenvalue weighted by molar-refractivity contribution is 5.86. The molecule has 0 bridgehead atoms. The molecular formula is C12H13ClFN. The maximum Gasteiger partial charge on any atom is 0.109 e. The van der Waals surface area contributed by atoms with Crippen LogP contribution in [-0.2, 0) is 0 Å². The molecule has 1 atom stereocenters. The zero-order valence-electron chi connectivity index (χ0n) is 8.19. The minimum atomic E-state index is -0.520. The van der Waals surface area contributed by atoms with Gasteiger partial charge in [-0.1, -0.05) is 42.5 Å². The summed E-state index contributed by atoms with van der Waals surface area (Å²) in [5.74, 6) is 0. The monoisotopic (exact) mass is 225 g/mol. The van der Waals surface area contributed by atoms with Crippen LogP contribution in [0.4, 0.5) is 4.39 Å². The summed E-state index contributed by atoms with van der Waals surface area (Å²) in [4.78, 5) is 0. The summed E-state index contributed by atoms with van der Waals surface area (Å²) in [6.07, 6.45) is 0. The fourth-order valence-electron chi connectivity index (χ4n) is 1.66. The van der Waals surface area contributed by atoms with Gasteiger partial charge in [0.2, 0.25) is 0 Å². The van der Waals surface area contributed by atoms with E-state index >= 15 is 0 Å². The van der Waals surface area contributed by atoms with Crippen LogP contribution in [0.3, 0.4) is 0 Å². The number of hydrogen-bond donors (Lipinski definition) is 1. The lowest BCUT2D eigenvalue weighted by atomic mass is 10.00. The van der Waals surface area contributed by atoms with Crippen LogP contribution < -0.4 is 5.73 Å². The molecule has 2 N–H and O–H groups in total. The molecule has 2 rings (SSSR count). The standard InChI is InChI=1S/C12H12FN.ClH/c13-8-12(14)11-7-3-5-9-4-1-2-6-10(9)11;/h1-7,12H,8,14H2;1H/t12-;/m0./s1. The smallest absolute Gasteiger partial charge is 0.109 e. The molecular weight excluding hydrogens is 213 g/mol. The second kappa shape index (κ2) is 5.10. The summed E-state index contributed by atoms with van der Waals surface area (Å²) in [6.45, 7) is -0.520. The maximum atomic E-state index is 12.5. The molecule has 0 fully saturated rings. The lowest BCUT2D eigenvalue weighted by Gasteiger charge is -2.10. The van der Waals surface area contributed by atoms with Crippen molar-refractivity contribution in [3.8, 4) is 0 Å². The van der Waals surface area contributed by atoms with Crippen molar-refractivity contribution in [2.75, 3.05) is 6.67 Å². The second-order valence-corrected chi connectivity index (χ2v) is 3.33. The molecule has 3 heteroatoms. The zero-order valence-corrected chi connectivity index (χ0v) is 9.01. The molecule has 15 heavy (non-hydrogen) atoms. The van der Waals surface area contributed by atoms with Crippen molar-refractivity contribution < 1.29 is 4.39 Å². The number of rotatable bonds is 2. The Balaban J connectivity index is 0.00000112. The van der Waals surface area contributed by atoms with E-state index in [0.717, 1.165) is 16.3 Å². The Morgan fingerprint density at radius 3 is 2.47 bits per heavy atom. The highest BCUT2D eigenvalue weighted by atomic mass is 35.5. The van der Waals surface area contributed by atoms with Gasteiger partial charge in [0.15, 0.2) is 0 Å². The molecule has 2 aromatic rings. The maximum absolute atomic E-state index is 12.5. The lowest BCUT2D eigenvalue weighted by Crippen LogP contribution is -2.12. The Morgan fingerprint density at radius 1 is 1.07 bits per heavy atom. The van der Waals surface area contributed by atoms with Crippen LogP contribution in [0.25, 0.3) is 10.8 Å². The summed E-state index contributed by atoms with van der Waals surface area (Å²) in [5.41, 5.74) is 6.57. The predicted octanol–water partition coefficient (Wildman–Crippen LogP) is 3.23. The van der Waals surface area contributed by atoms with Gasteiger partial charge >= 0.3 is 0 Å².